The van der Waals surface area contributed by atoms with E-state index in [0.29, 0.717) is 50.6 Å². The Labute approximate surface area is 176 Å². The van der Waals surface area contributed by atoms with Crippen LogP contribution in [0.4, 0.5) is 4.39 Å². The van der Waals surface area contributed by atoms with Crippen LogP contribution in [0.1, 0.15) is 17.3 Å². The molecule has 1 aliphatic rings. The third kappa shape index (κ3) is 5.56. The van der Waals surface area contributed by atoms with Crippen molar-refractivity contribution in [3.63, 3.8) is 0 Å². The number of nitrogens with zero attached hydrogens (tertiary/aromatic N) is 2. The Morgan fingerprint density at radius 2 is 1.77 bits per heavy atom. The first-order valence-corrected chi connectivity index (χ1v) is 11.2. The normalized spacial score (nSPS) is 15.7. The number of sulfonamides is 1. The van der Waals surface area contributed by atoms with Crippen LogP contribution in [0.25, 0.3) is 0 Å². The molecule has 7 nitrogen and oxygen atoms in total. The van der Waals surface area contributed by atoms with E-state index in [0.717, 1.165) is 0 Å². The van der Waals surface area contributed by atoms with Gasteiger partial charge in [-0.2, -0.15) is 4.31 Å². The monoisotopic (exact) mass is 436 g/mol. The number of hydrogen-bond acceptors (Lipinski definition) is 6. The molecule has 0 aliphatic carbocycles. The minimum atomic E-state index is -3.63. The Hall–Kier alpha value is -2.49. The van der Waals surface area contributed by atoms with Gasteiger partial charge in [0.1, 0.15) is 18.2 Å². The molecule has 0 spiro atoms. The lowest BCUT2D eigenvalue weighted by Gasteiger charge is -2.33. The van der Waals surface area contributed by atoms with Crippen LogP contribution in [0.5, 0.6) is 5.75 Å². The average Bonchev–Trinajstić information content (AvgIpc) is 2.74. The number of benzene rings is 2. The van der Waals surface area contributed by atoms with Gasteiger partial charge >= 0.3 is 5.97 Å². The maximum Gasteiger partial charge on any atom is 0.338 e. The Bertz CT molecular complexity index is 958. The first kappa shape index (κ1) is 22.2. The van der Waals surface area contributed by atoms with Crippen LogP contribution in [0.2, 0.25) is 0 Å². The Kier molecular flexibility index (Phi) is 7.41. The highest BCUT2D eigenvalue weighted by molar-refractivity contribution is 7.89. The molecule has 3 rings (SSSR count). The van der Waals surface area contributed by atoms with Gasteiger partial charge in [0.2, 0.25) is 10.0 Å². The van der Waals surface area contributed by atoms with Gasteiger partial charge in [0.25, 0.3) is 0 Å². The van der Waals surface area contributed by atoms with E-state index in [2.05, 4.69) is 4.90 Å². The fourth-order valence-corrected chi connectivity index (χ4v) is 4.59. The maximum absolute atomic E-state index is 13.2. The second-order valence-electron chi connectivity index (χ2n) is 6.80. The fourth-order valence-electron chi connectivity index (χ4n) is 3.17. The molecule has 1 saturated heterocycles. The van der Waals surface area contributed by atoms with Crippen molar-refractivity contribution in [2.75, 3.05) is 45.9 Å². The molecule has 1 aliphatic heterocycles. The number of carbonyl (C=O) groups excluding carboxylic acids is 1. The number of halogens is 1. The standard InChI is InChI=1S/C21H25FN2O5S/c1-2-28-21(25)17-6-8-20(9-7-17)30(26,27)24-12-10-23(11-13-24)14-15-29-19-5-3-4-18(22)16-19/h3-9,16H,2,10-15H2,1H3. The lowest BCUT2D eigenvalue weighted by Crippen LogP contribution is -2.49. The third-order valence-corrected chi connectivity index (χ3v) is 6.72. The Balaban J connectivity index is 1.50. The minimum Gasteiger partial charge on any atom is -0.492 e. The number of ether oxygens (including phenoxy) is 2. The van der Waals surface area contributed by atoms with Crippen LogP contribution >= 0.6 is 0 Å². The molecule has 0 bridgehead atoms. The second kappa shape index (κ2) is 10.0. The fraction of sp³-hybridized carbons (Fsp3) is 0.381. The Morgan fingerprint density at radius 3 is 2.40 bits per heavy atom. The number of carbonyl (C=O) groups is 1. The average molecular weight is 437 g/mol. The molecule has 0 amide bonds. The molecule has 0 N–H and O–H groups in total. The van der Waals surface area contributed by atoms with Gasteiger partial charge in [0.05, 0.1) is 17.1 Å². The zero-order valence-electron chi connectivity index (χ0n) is 16.8. The van der Waals surface area contributed by atoms with E-state index in [9.17, 15) is 17.6 Å². The van der Waals surface area contributed by atoms with E-state index in [1.807, 2.05) is 0 Å². The van der Waals surface area contributed by atoms with Crippen molar-refractivity contribution in [3.05, 3.63) is 59.9 Å². The number of rotatable bonds is 8. The van der Waals surface area contributed by atoms with Crippen LogP contribution in [0.3, 0.4) is 0 Å². The highest BCUT2D eigenvalue weighted by atomic mass is 32.2. The van der Waals surface area contributed by atoms with Crippen molar-refractivity contribution in [1.82, 2.24) is 9.21 Å². The first-order valence-electron chi connectivity index (χ1n) is 9.78. The van der Waals surface area contributed by atoms with Crippen molar-refractivity contribution in [2.45, 2.75) is 11.8 Å². The van der Waals surface area contributed by atoms with E-state index in [4.69, 9.17) is 9.47 Å². The molecule has 0 unspecified atom stereocenters. The second-order valence-corrected chi connectivity index (χ2v) is 8.73. The molecule has 0 saturated carbocycles. The van der Waals surface area contributed by atoms with E-state index in [1.165, 1.54) is 40.7 Å². The number of esters is 1. The summed E-state index contributed by atoms with van der Waals surface area (Å²) in [6.07, 6.45) is 0. The highest BCUT2D eigenvalue weighted by Crippen LogP contribution is 2.19. The van der Waals surface area contributed by atoms with Crippen molar-refractivity contribution in [2.24, 2.45) is 0 Å². The molecule has 0 radical (unpaired) electrons. The molecule has 0 atom stereocenters. The first-order chi connectivity index (χ1) is 14.4. The molecule has 1 heterocycles. The summed E-state index contributed by atoms with van der Waals surface area (Å²) in [6.45, 7) is 4.87. The summed E-state index contributed by atoms with van der Waals surface area (Å²) < 4.78 is 50.8. The molecule has 0 aromatic heterocycles. The third-order valence-electron chi connectivity index (χ3n) is 4.81. The largest absolute Gasteiger partial charge is 0.492 e. The van der Waals surface area contributed by atoms with Gasteiger partial charge in [-0.3, -0.25) is 4.90 Å². The van der Waals surface area contributed by atoms with Gasteiger partial charge in [-0.15, -0.1) is 0 Å². The van der Waals surface area contributed by atoms with Gasteiger partial charge in [0.15, 0.2) is 0 Å². The summed E-state index contributed by atoms with van der Waals surface area (Å²) in [5, 5.41) is 0. The lowest BCUT2D eigenvalue weighted by molar-refractivity contribution is 0.0526. The van der Waals surface area contributed by atoms with Crippen LogP contribution in [-0.2, 0) is 14.8 Å². The van der Waals surface area contributed by atoms with Crippen molar-refractivity contribution >= 4 is 16.0 Å². The molecule has 30 heavy (non-hydrogen) atoms. The van der Waals surface area contributed by atoms with E-state index >= 15 is 0 Å². The molecule has 162 valence electrons. The van der Waals surface area contributed by atoms with E-state index in [-0.39, 0.29) is 17.3 Å². The number of hydrogen-bond donors (Lipinski definition) is 0. The summed E-state index contributed by atoms with van der Waals surface area (Å²) in [7, 11) is -3.63. The van der Waals surface area contributed by atoms with Gasteiger partial charge in [-0.25, -0.2) is 17.6 Å². The molecule has 2 aromatic rings. The Morgan fingerprint density at radius 1 is 1.07 bits per heavy atom. The molecule has 2 aromatic carbocycles. The van der Waals surface area contributed by atoms with Gasteiger partial charge in [-0.1, -0.05) is 6.07 Å². The zero-order chi connectivity index (χ0) is 21.6. The summed E-state index contributed by atoms with van der Waals surface area (Å²) in [5.74, 6) is -0.348. The molecular formula is C21H25FN2O5S. The summed E-state index contributed by atoms with van der Waals surface area (Å²) in [6, 6.07) is 11.8. The summed E-state index contributed by atoms with van der Waals surface area (Å²) >= 11 is 0. The van der Waals surface area contributed by atoms with Crippen molar-refractivity contribution < 1.29 is 27.1 Å². The van der Waals surface area contributed by atoms with Gasteiger partial charge < -0.3 is 9.47 Å². The van der Waals surface area contributed by atoms with Crippen LogP contribution in [0.15, 0.2) is 53.4 Å². The van der Waals surface area contributed by atoms with Crippen LogP contribution in [0, 0.1) is 5.82 Å². The van der Waals surface area contributed by atoms with E-state index < -0.39 is 16.0 Å². The van der Waals surface area contributed by atoms with Crippen molar-refractivity contribution in [3.8, 4) is 5.75 Å². The molecular weight excluding hydrogens is 411 g/mol. The van der Waals surface area contributed by atoms with Crippen LogP contribution < -0.4 is 4.74 Å². The molecule has 9 heteroatoms. The zero-order valence-corrected chi connectivity index (χ0v) is 17.6. The van der Waals surface area contributed by atoms with E-state index in [1.54, 1.807) is 19.1 Å². The van der Waals surface area contributed by atoms with Crippen LogP contribution in [-0.4, -0.2) is 69.5 Å². The predicted molar refractivity (Wildman–Crippen MR) is 109 cm³/mol. The highest BCUT2D eigenvalue weighted by Gasteiger charge is 2.28. The summed E-state index contributed by atoms with van der Waals surface area (Å²) in [4.78, 5) is 14.0. The minimum absolute atomic E-state index is 0.151. The van der Waals surface area contributed by atoms with Gasteiger partial charge in [-0.05, 0) is 43.3 Å². The summed E-state index contributed by atoms with van der Waals surface area (Å²) in [5.41, 5.74) is 0.318. The quantitative estimate of drug-likeness (QED) is 0.592. The van der Waals surface area contributed by atoms with Gasteiger partial charge in [0, 0.05) is 38.8 Å². The topological polar surface area (TPSA) is 76.2 Å². The smallest absolute Gasteiger partial charge is 0.338 e. The van der Waals surface area contributed by atoms with Crippen molar-refractivity contribution in [1.29, 1.82) is 0 Å². The SMILES string of the molecule is CCOC(=O)c1ccc(S(=O)(=O)N2CCN(CCOc3cccc(F)c3)CC2)cc1. The molecule has 1 fully saturated rings. The lowest BCUT2D eigenvalue weighted by atomic mass is 10.2. The maximum atomic E-state index is 13.2. The predicted octanol–water partition coefficient (Wildman–Crippen LogP) is 2.39. The number of piperazine rings is 1.